The summed E-state index contributed by atoms with van der Waals surface area (Å²) in [5.74, 6) is -0.0365. The lowest BCUT2D eigenvalue weighted by Gasteiger charge is -2.08. The third kappa shape index (κ3) is 4.05. The highest BCUT2D eigenvalue weighted by Crippen LogP contribution is 2.34. The molecule has 1 heterocycles. The Bertz CT molecular complexity index is 690. The van der Waals surface area contributed by atoms with E-state index < -0.39 is 5.91 Å². The maximum atomic E-state index is 11.8. The summed E-state index contributed by atoms with van der Waals surface area (Å²) in [4.78, 5) is 15.7. The van der Waals surface area contributed by atoms with Crippen LogP contribution in [0.4, 0.5) is 0 Å². The summed E-state index contributed by atoms with van der Waals surface area (Å²) in [6.07, 6.45) is 2.98. The number of aromatic nitrogens is 1. The number of benzene rings is 1. The predicted octanol–water partition coefficient (Wildman–Crippen LogP) is 2.71. The number of hydrazone groups is 1. The van der Waals surface area contributed by atoms with Crippen molar-refractivity contribution < 1.29 is 14.6 Å². The van der Waals surface area contributed by atoms with E-state index in [1.165, 1.54) is 12.4 Å². The molecule has 0 atom stereocenters. The van der Waals surface area contributed by atoms with Gasteiger partial charge in [-0.05, 0) is 52.7 Å². The van der Waals surface area contributed by atoms with Gasteiger partial charge in [0.15, 0.2) is 11.5 Å². The Balaban J connectivity index is 2.09. The highest BCUT2D eigenvalue weighted by Gasteiger charge is 2.08. The monoisotopic (exact) mass is 363 g/mol. The number of carbonyl (C=O) groups excluding carboxylic acids is 1. The predicted molar refractivity (Wildman–Crippen MR) is 86.3 cm³/mol. The minimum absolute atomic E-state index is 0.0246. The largest absolute Gasteiger partial charge is 0.503 e. The third-order valence-corrected chi connectivity index (χ3v) is 3.23. The van der Waals surface area contributed by atoms with Crippen LogP contribution in [0.2, 0.25) is 0 Å². The van der Waals surface area contributed by atoms with Gasteiger partial charge in [-0.2, -0.15) is 5.10 Å². The fourth-order valence-corrected chi connectivity index (χ4v) is 2.11. The molecule has 0 saturated heterocycles. The van der Waals surface area contributed by atoms with Crippen LogP contribution in [0.25, 0.3) is 0 Å². The van der Waals surface area contributed by atoms with Crippen LogP contribution in [0, 0.1) is 0 Å². The normalized spacial score (nSPS) is 10.6. The molecular formula is C15H14BrN3O3. The summed E-state index contributed by atoms with van der Waals surface area (Å²) < 4.78 is 5.80. The third-order valence-electron chi connectivity index (χ3n) is 2.63. The molecule has 0 fully saturated rings. The van der Waals surface area contributed by atoms with Gasteiger partial charge in [-0.3, -0.25) is 9.78 Å². The summed E-state index contributed by atoms with van der Waals surface area (Å²) >= 11 is 3.24. The number of nitrogens with one attached hydrogen (secondary N) is 1. The van der Waals surface area contributed by atoms with Crippen molar-refractivity contribution in [1.29, 1.82) is 0 Å². The number of hydrogen-bond donors (Lipinski definition) is 2. The average Bonchev–Trinajstić information content (AvgIpc) is 2.53. The van der Waals surface area contributed by atoms with Crippen LogP contribution in [0.1, 0.15) is 23.0 Å². The van der Waals surface area contributed by atoms with Crippen LogP contribution in [0.5, 0.6) is 11.5 Å². The summed E-state index contributed by atoms with van der Waals surface area (Å²) in [5.41, 5.74) is 3.32. The van der Waals surface area contributed by atoms with Gasteiger partial charge in [-0.15, -0.1) is 0 Å². The van der Waals surface area contributed by atoms with Crippen LogP contribution >= 0.6 is 15.9 Å². The number of aromatic hydroxyl groups is 1. The van der Waals surface area contributed by atoms with Gasteiger partial charge < -0.3 is 9.84 Å². The zero-order valence-corrected chi connectivity index (χ0v) is 13.4. The second-order valence-corrected chi connectivity index (χ2v) is 5.05. The average molecular weight is 364 g/mol. The van der Waals surface area contributed by atoms with Gasteiger partial charge in [0.1, 0.15) is 5.69 Å². The van der Waals surface area contributed by atoms with Crippen molar-refractivity contribution in [3.8, 4) is 11.5 Å². The van der Waals surface area contributed by atoms with Crippen molar-refractivity contribution in [3.05, 3.63) is 52.3 Å². The second-order valence-electron chi connectivity index (χ2n) is 4.20. The van der Waals surface area contributed by atoms with Crippen molar-refractivity contribution in [2.45, 2.75) is 6.92 Å². The molecule has 114 valence electrons. The van der Waals surface area contributed by atoms with E-state index in [9.17, 15) is 9.90 Å². The summed E-state index contributed by atoms with van der Waals surface area (Å²) in [6, 6.07) is 8.32. The van der Waals surface area contributed by atoms with Crippen LogP contribution < -0.4 is 10.2 Å². The Labute approximate surface area is 136 Å². The molecule has 0 aliphatic carbocycles. The van der Waals surface area contributed by atoms with Crippen LogP contribution in [0.15, 0.2) is 46.1 Å². The van der Waals surface area contributed by atoms with Crippen LogP contribution in [-0.4, -0.2) is 28.8 Å². The number of nitrogens with zero attached hydrogens (tertiary/aromatic N) is 2. The molecule has 7 heteroatoms. The standard InChI is InChI=1S/C15H14BrN3O3/c1-2-22-13-8-10(7-11(16)14(13)20)9-18-19-15(21)12-5-3-4-6-17-12/h3-9,20H,2H2,1H3,(H,19,21)/b18-9+. The molecule has 6 nitrogen and oxygen atoms in total. The smallest absolute Gasteiger partial charge is 0.289 e. The summed E-state index contributed by atoms with van der Waals surface area (Å²) in [6.45, 7) is 2.25. The van der Waals surface area contributed by atoms with E-state index in [0.29, 0.717) is 22.4 Å². The van der Waals surface area contributed by atoms with Crippen molar-refractivity contribution in [2.24, 2.45) is 5.10 Å². The van der Waals surface area contributed by atoms with E-state index in [-0.39, 0.29) is 11.4 Å². The first-order chi connectivity index (χ1) is 10.6. The Morgan fingerprint density at radius 2 is 2.32 bits per heavy atom. The molecule has 0 unspecified atom stereocenters. The fourth-order valence-electron chi connectivity index (χ4n) is 1.65. The topological polar surface area (TPSA) is 83.8 Å². The maximum absolute atomic E-state index is 11.8. The Kier molecular flexibility index (Phi) is 5.48. The molecule has 22 heavy (non-hydrogen) atoms. The number of pyridine rings is 1. The lowest BCUT2D eigenvalue weighted by Crippen LogP contribution is -2.18. The van der Waals surface area contributed by atoms with Crippen molar-refractivity contribution in [1.82, 2.24) is 10.4 Å². The first kappa shape index (κ1) is 16.0. The number of phenolic OH excluding ortho intramolecular Hbond substituents is 1. The van der Waals surface area contributed by atoms with Gasteiger partial charge in [-0.1, -0.05) is 6.07 Å². The van der Waals surface area contributed by atoms with Crippen LogP contribution in [-0.2, 0) is 0 Å². The van der Waals surface area contributed by atoms with E-state index in [0.717, 1.165) is 0 Å². The van der Waals surface area contributed by atoms with Gasteiger partial charge in [0, 0.05) is 6.20 Å². The number of halogens is 1. The molecule has 0 spiro atoms. The number of amides is 1. The first-order valence-corrected chi connectivity index (χ1v) is 7.31. The summed E-state index contributed by atoms with van der Waals surface area (Å²) in [7, 11) is 0. The molecule has 2 N–H and O–H groups in total. The second kappa shape index (κ2) is 7.56. The maximum Gasteiger partial charge on any atom is 0.289 e. The van der Waals surface area contributed by atoms with Gasteiger partial charge >= 0.3 is 0 Å². The molecule has 0 radical (unpaired) electrons. The Morgan fingerprint density at radius 3 is 3.00 bits per heavy atom. The Hall–Kier alpha value is -2.41. The minimum Gasteiger partial charge on any atom is -0.503 e. The van der Waals surface area contributed by atoms with E-state index >= 15 is 0 Å². The first-order valence-electron chi connectivity index (χ1n) is 6.51. The lowest BCUT2D eigenvalue weighted by atomic mass is 10.2. The fraction of sp³-hybridized carbons (Fsp3) is 0.133. The van der Waals surface area contributed by atoms with Gasteiger partial charge in [-0.25, -0.2) is 5.43 Å². The Morgan fingerprint density at radius 1 is 1.50 bits per heavy atom. The quantitative estimate of drug-likeness (QED) is 0.631. The van der Waals surface area contributed by atoms with Crippen molar-refractivity contribution in [3.63, 3.8) is 0 Å². The molecule has 0 saturated carbocycles. The minimum atomic E-state index is -0.403. The van der Waals surface area contributed by atoms with Crippen molar-refractivity contribution in [2.75, 3.05) is 6.61 Å². The number of phenols is 1. The zero-order chi connectivity index (χ0) is 15.9. The highest BCUT2D eigenvalue weighted by molar-refractivity contribution is 9.10. The molecule has 1 aromatic heterocycles. The van der Waals surface area contributed by atoms with E-state index in [1.807, 2.05) is 6.92 Å². The van der Waals surface area contributed by atoms with Crippen molar-refractivity contribution >= 4 is 28.1 Å². The molecule has 2 rings (SSSR count). The van der Waals surface area contributed by atoms with Crippen LogP contribution in [0.3, 0.4) is 0 Å². The van der Waals surface area contributed by atoms with Gasteiger partial charge in [0.05, 0.1) is 17.3 Å². The molecule has 1 aromatic carbocycles. The molecular weight excluding hydrogens is 350 g/mol. The highest BCUT2D eigenvalue weighted by atomic mass is 79.9. The molecule has 0 bridgehead atoms. The zero-order valence-electron chi connectivity index (χ0n) is 11.8. The van der Waals surface area contributed by atoms with E-state index in [1.54, 1.807) is 30.3 Å². The molecule has 0 aliphatic rings. The van der Waals surface area contributed by atoms with E-state index in [4.69, 9.17) is 4.74 Å². The number of carbonyl (C=O) groups is 1. The molecule has 2 aromatic rings. The molecule has 1 amide bonds. The van der Waals surface area contributed by atoms with Gasteiger partial charge in [0.25, 0.3) is 5.91 Å². The number of rotatable bonds is 5. The van der Waals surface area contributed by atoms with E-state index in [2.05, 4.69) is 31.4 Å². The number of hydrogen-bond acceptors (Lipinski definition) is 5. The SMILES string of the molecule is CCOc1cc(/C=N/NC(=O)c2ccccn2)cc(Br)c1O. The van der Waals surface area contributed by atoms with Gasteiger partial charge in [0.2, 0.25) is 0 Å². The lowest BCUT2D eigenvalue weighted by molar-refractivity contribution is 0.0950. The number of ether oxygens (including phenoxy) is 1. The molecule has 0 aliphatic heterocycles. The summed E-state index contributed by atoms with van der Waals surface area (Å²) in [5, 5.41) is 13.7.